The minimum atomic E-state index is -4.34. The molecule has 0 aliphatic heterocycles. The lowest BCUT2D eigenvalue weighted by molar-refractivity contribution is -0.115. The van der Waals surface area contributed by atoms with E-state index < -0.39 is 10.1 Å². The molecule has 2 N–H and O–H groups in total. The van der Waals surface area contributed by atoms with Crippen molar-refractivity contribution < 1.29 is 17.8 Å². The summed E-state index contributed by atoms with van der Waals surface area (Å²) in [5, 5.41) is 15.0. The lowest BCUT2D eigenvalue weighted by Gasteiger charge is -2.07. The largest absolute Gasteiger partial charge is 0.309 e. The Morgan fingerprint density at radius 3 is 2.11 bits per heavy atom. The van der Waals surface area contributed by atoms with E-state index in [4.69, 9.17) is 10.2 Å². The van der Waals surface area contributed by atoms with Gasteiger partial charge in [0.1, 0.15) is 4.21 Å². The first-order valence-electron chi connectivity index (χ1n) is 14.9. The maximum absolute atomic E-state index is 13.7. The van der Waals surface area contributed by atoms with Gasteiger partial charge in [-0.15, -0.1) is 22.7 Å². The highest BCUT2D eigenvalue weighted by molar-refractivity contribution is 7.88. The van der Waals surface area contributed by atoms with Gasteiger partial charge in [0, 0.05) is 24.0 Å². The smallest absolute Gasteiger partial charge is 0.304 e. The lowest BCUT2D eigenvalue weighted by Crippen LogP contribution is -2.17. The molecule has 0 unspecified atom stereocenters. The molecule has 0 saturated carbocycles. The van der Waals surface area contributed by atoms with Gasteiger partial charge in [0.15, 0.2) is 5.82 Å². The SMILES string of the molecule is Cc1ccc(Cn2nc(CC(=O)Nc3nn(Cc4ccc(C)cc4)c4c3Cc3cc(S(=O)(=O)O)sc3-4)c3c2-c2sccc2C3)cc1. The van der Waals surface area contributed by atoms with Crippen LogP contribution in [-0.2, 0) is 47.3 Å². The van der Waals surface area contributed by atoms with Crippen LogP contribution in [0, 0.1) is 13.8 Å². The molecule has 0 spiro atoms. The minimum absolute atomic E-state index is 0.0968. The van der Waals surface area contributed by atoms with Crippen LogP contribution in [0.4, 0.5) is 5.82 Å². The van der Waals surface area contributed by atoms with Gasteiger partial charge in [0.05, 0.1) is 46.3 Å². The van der Waals surface area contributed by atoms with E-state index in [-0.39, 0.29) is 16.5 Å². The van der Waals surface area contributed by atoms with E-state index in [1.165, 1.54) is 22.1 Å². The third kappa shape index (κ3) is 5.11. The second kappa shape index (κ2) is 10.9. The summed E-state index contributed by atoms with van der Waals surface area (Å²) in [6.45, 7) is 5.15. The van der Waals surface area contributed by atoms with E-state index in [0.717, 1.165) is 73.1 Å². The molecule has 232 valence electrons. The number of benzene rings is 2. The number of thiophene rings is 2. The third-order valence-corrected chi connectivity index (χ3v) is 12.1. The maximum atomic E-state index is 13.7. The fourth-order valence-electron chi connectivity index (χ4n) is 6.37. The summed E-state index contributed by atoms with van der Waals surface area (Å²) < 4.78 is 37.3. The topological polar surface area (TPSA) is 119 Å². The average molecular weight is 668 g/mol. The second-order valence-electron chi connectivity index (χ2n) is 12.0. The van der Waals surface area contributed by atoms with E-state index in [9.17, 15) is 17.8 Å². The highest BCUT2D eigenvalue weighted by atomic mass is 32.3. The van der Waals surface area contributed by atoms with Crippen LogP contribution in [0.1, 0.15) is 50.2 Å². The van der Waals surface area contributed by atoms with Crippen LogP contribution >= 0.6 is 22.7 Å². The molecule has 4 aromatic heterocycles. The van der Waals surface area contributed by atoms with Gasteiger partial charge < -0.3 is 5.32 Å². The summed E-state index contributed by atoms with van der Waals surface area (Å²) in [4.78, 5) is 15.6. The molecule has 0 radical (unpaired) electrons. The molecule has 2 aliphatic carbocycles. The summed E-state index contributed by atoms with van der Waals surface area (Å²) in [6.07, 6.45) is 1.26. The molecule has 1 amide bonds. The molecule has 12 heteroatoms. The van der Waals surface area contributed by atoms with Gasteiger partial charge in [0.2, 0.25) is 5.91 Å². The number of carbonyl (C=O) groups excluding carboxylic acids is 1. The Hall–Kier alpha value is -4.36. The number of anilines is 1. The third-order valence-electron chi connectivity index (χ3n) is 8.63. The summed E-state index contributed by atoms with van der Waals surface area (Å²) in [5.74, 6) is 0.244. The Morgan fingerprint density at radius 2 is 1.46 bits per heavy atom. The van der Waals surface area contributed by atoms with Crippen LogP contribution in [-0.4, -0.2) is 38.4 Å². The number of aryl methyl sites for hydroxylation is 2. The lowest BCUT2D eigenvalue weighted by atomic mass is 10.1. The van der Waals surface area contributed by atoms with Crippen molar-refractivity contribution in [3.8, 4) is 21.1 Å². The monoisotopic (exact) mass is 667 g/mol. The molecule has 8 rings (SSSR count). The number of hydrogen-bond acceptors (Lipinski definition) is 7. The van der Waals surface area contributed by atoms with Gasteiger partial charge in [0.25, 0.3) is 0 Å². The predicted molar refractivity (Wildman–Crippen MR) is 179 cm³/mol. The van der Waals surface area contributed by atoms with Crippen LogP contribution in [0.15, 0.2) is 70.3 Å². The van der Waals surface area contributed by atoms with E-state index in [1.807, 2.05) is 40.6 Å². The first kappa shape index (κ1) is 29.1. The van der Waals surface area contributed by atoms with Crippen molar-refractivity contribution >= 4 is 44.5 Å². The molecule has 0 saturated heterocycles. The Bertz CT molecular complexity index is 2270. The number of fused-ring (bicyclic) bond motifs is 6. The van der Waals surface area contributed by atoms with Gasteiger partial charge in [-0.05, 0) is 53.6 Å². The van der Waals surface area contributed by atoms with Crippen LogP contribution in [0.5, 0.6) is 0 Å². The predicted octanol–water partition coefficient (Wildman–Crippen LogP) is 6.49. The van der Waals surface area contributed by atoms with E-state index in [0.29, 0.717) is 25.3 Å². The van der Waals surface area contributed by atoms with E-state index in [2.05, 4.69) is 48.0 Å². The van der Waals surface area contributed by atoms with Gasteiger partial charge >= 0.3 is 10.1 Å². The first-order valence-corrected chi connectivity index (χ1v) is 18.0. The summed E-state index contributed by atoms with van der Waals surface area (Å²) in [5.41, 5.74) is 11.1. The molecule has 2 aliphatic rings. The zero-order valence-corrected chi connectivity index (χ0v) is 27.5. The highest BCUT2D eigenvalue weighted by Gasteiger charge is 2.34. The van der Waals surface area contributed by atoms with Gasteiger partial charge in [-0.25, -0.2) is 0 Å². The van der Waals surface area contributed by atoms with Crippen molar-refractivity contribution in [2.75, 3.05) is 5.32 Å². The van der Waals surface area contributed by atoms with Crippen molar-refractivity contribution in [3.05, 3.63) is 116 Å². The van der Waals surface area contributed by atoms with Gasteiger partial charge in [-0.3, -0.25) is 18.7 Å². The van der Waals surface area contributed by atoms with Crippen molar-refractivity contribution in [1.29, 1.82) is 0 Å². The highest BCUT2D eigenvalue weighted by Crippen LogP contribution is 2.47. The fraction of sp³-hybridized carbons (Fsp3) is 0.206. The van der Waals surface area contributed by atoms with Crippen molar-refractivity contribution in [2.24, 2.45) is 0 Å². The first-order chi connectivity index (χ1) is 22.1. The Labute approximate surface area is 273 Å². The molecular weight excluding hydrogens is 639 g/mol. The molecule has 4 heterocycles. The number of amides is 1. The molecule has 9 nitrogen and oxygen atoms in total. The Kier molecular flexibility index (Phi) is 6.87. The number of carbonyl (C=O) groups is 1. The van der Waals surface area contributed by atoms with Crippen molar-refractivity contribution in [3.63, 3.8) is 0 Å². The fourth-order valence-corrected chi connectivity index (χ4v) is 9.32. The summed E-state index contributed by atoms with van der Waals surface area (Å²) in [7, 11) is -4.34. The Balaban J connectivity index is 1.11. The van der Waals surface area contributed by atoms with Gasteiger partial charge in [-0.2, -0.15) is 18.6 Å². The number of rotatable bonds is 8. The molecular formula is C34H29N5O4S3. The Morgan fingerprint density at radius 1 is 0.848 bits per heavy atom. The molecule has 46 heavy (non-hydrogen) atoms. The molecule has 0 atom stereocenters. The second-order valence-corrected chi connectivity index (χ2v) is 15.6. The average Bonchev–Trinajstić information content (AvgIpc) is 3.82. The quantitative estimate of drug-likeness (QED) is 0.179. The normalized spacial score (nSPS) is 13.0. The van der Waals surface area contributed by atoms with Crippen LogP contribution in [0.25, 0.3) is 21.1 Å². The van der Waals surface area contributed by atoms with E-state index >= 15 is 0 Å². The van der Waals surface area contributed by atoms with Gasteiger partial charge in [-0.1, -0.05) is 59.7 Å². The molecule has 6 aromatic rings. The number of nitrogens with zero attached hydrogens (tertiary/aromatic N) is 4. The van der Waals surface area contributed by atoms with E-state index in [1.54, 1.807) is 11.3 Å². The standard InChI is InChI=1S/C34H29N5O4S3/c1-19-3-7-21(8-4-19)17-38-30-25(13-23-11-12-44-32(23)30)27(36-38)16-28(40)35-34-26-14-24-15-29(46(41,42)43)45-33(24)31(26)39(37-34)18-22-9-5-20(2)6-10-22/h3-12,15H,13-14,16-18H2,1-2H3,(H,35,37,40)(H,41,42,43). The minimum Gasteiger partial charge on any atom is -0.309 e. The van der Waals surface area contributed by atoms with Crippen molar-refractivity contribution in [2.45, 2.75) is 50.4 Å². The zero-order valence-electron chi connectivity index (χ0n) is 25.1. The maximum Gasteiger partial charge on any atom is 0.304 e. The zero-order chi connectivity index (χ0) is 31.7. The molecule has 0 bridgehead atoms. The molecule has 0 fully saturated rings. The van der Waals surface area contributed by atoms with Crippen LogP contribution in [0.3, 0.4) is 0 Å². The number of nitrogens with one attached hydrogen (secondary N) is 1. The summed E-state index contributed by atoms with van der Waals surface area (Å²) in [6, 6.07) is 20.2. The van der Waals surface area contributed by atoms with Crippen LogP contribution in [0.2, 0.25) is 0 Å². The number of aromatic nitrogens is 4. The van der Waals surface area contributed by atoms with Crippen LogP contribution < -0.4 is 5.32 Å². The van der Waals surface area contributed by atoms with Crippen molar-refractivity contribution in [1.82, 2.24) is 19.6 Å². The number of hydrogen-bond donors (Lipinski definition) is 2. The summed E-state index contributed by atoms with van der Waals surface area (Å²) >= 11 is 2.73. The molecule has 2 aromatic carbocycles.